The number of nitrogens with zero attached hydrogens (tertiary/aromatic N) is 1. The van der Waals surface area contributed by atoms with Gasteiger partial charge in [-0.2, -0.15) is 0 Å². The largest absolute Gasteiger partial charge is 0.377 e. The van der Waals surface area contributed by atoms with Gasteiger partial charge in [0.05, 0.1) is 6.10 Å². The average Bonchev–Trinajstić information content (AvgIpc) is 3.05. The van der Waals surface area contributed by atoms with Crippen molar-refractivity contribution in [2.45, 2.75) is 37.8 Å². The number of amides is 1. The van der Waals surface area contributed by atoms with E-state index in [1.807, 2.05) is 0 Å². The molecule has 0 aromatic rings. The van der Waals surface area contributed by atoms with Gasteiger partial charge in [-0.05, 0) is 32.1 Å². The fourth-order valence-electron chi connectivity index (χ4n) is 2.60. The lowest BCUT2D eigenvalue weighted by Crippen LogP contribution is -2.61. The molecule has 17 heavy (non-hydrogen) atoms. The summed E-state index contributed by atoms with van der Waals surface area (Å²) in [7, 11) is 0. The highest BCUT2D eigenvalue weighted by Crippen LogP contribution is 2.38. The SMILES string of the molecule is CC1CN(CC(N)(C(N)=O)C2CC2)CCCO1. The molecule has 0 aromatic heterocycles. The molecule has 0 radical (unpaired) electrons. The van der Waals surface area contributed by atoms with Crippen molar-refractivity contribution in [2.75, 3.05) is 26.2 Å². The molecule has 2 atom stereocenters. The van der Waals surface area contributed by atoms with Crippen LogP contribution in [0.1, 0.15) is 26.2 Å². The summed E-state index contributed by atoms with van der Waals surface area (Å²) < 4.78 is 5.59. The zero-order chi connectivity index (χ0) is 12.5. The first-order chi connectivity index (χ1) is 8.02. The van der Waals surface area contributed by atoms with Crippen molar-refractivity contribution >= 4 is 5.91 Å². The number of carbonyl (C=O) groups is 1. The highest BCUT2D eigenvalue weighted by atomic mass is 16.5. The van der Waals surface area contributed by atoms with Crippen LogP contribution in [0.25, 0.3) is 0 Å². The van der Waals surface area contributed by atoms with Gasteiger partial charge >= 0.3 is 0 Å². The molecule has 1 aliphatic heterocycles. The van der Waals surface area contributed by atoms with Crippen LogP contribution in [0, 0.1) is 5.92 Å². The molecule has 2 aliphatic rings. The van der Waals surface area contributed by atoms with Gasteiger partial charge in [-0.25, -0.2) is 0 Å². The smallest absolute Gasteiger partial charge is 0.239 e. The zero-order valence-corrected chi connectivity index (χ0v) is 10.5. The molecule has 1 amide bonds. The van der Waals surface area contributed by atoms with Gasteiger partial charge in [0.1, 0.15) is 5.54 Å². The molecule has 2 rings (SSSR count). The molecule has 1 aliphatic carbocycles. The maximum atomic E-state index is 11.6. The number of primary amides is 1. The summed E-state index contributed by atoms with van der Waals surface area (Å²) in [5, 5.41) is 0. The minimum atomic E-state index is -0.843. The number of ether oxygens (including phenoxy) is 1. The topological polar surface area (TPSA) is 81.6 Å². The quantitative estimate of drug-likeness (QED) is 0.707. The first kappa shape index (κ1) is 12.8. The van der Waals surface area contributed by atoms with Gasteiger partial charge in [0.15, 0.2) is 0 Å². The first-order valence-electron chi connectivity index (χ1n) is 6.45. The molecule has 5 heteroatoms. The van der Waals surface area contributed by atoms with Crippen LogP contribution in [0.4, 0.5) is 0 Å². The van der Waals surface area contributed by atoms with Crippen molar-refractivity contribution in [3.63, 3.8) is 0 Å². The van der Waals surface area contributed by atoms with Crippen molar-refractivity contribution in [1.29, 1.82) is 0 Å². The van der Waals surface area contributed by atoms with E-state index in [4.69, 9.17) is 16.2 Å². The van der Waals surface area contributed by atoms with Crippen LogP contribution in [-0.2, 0) is 9.53 Å². The fraction of sp³-hybridized carbons (Fsp3) is 0.917. The van der Waals surface area contributed by atoms with Gasteiger partial charge in [-0.3, -0.25) is 9.69 Å². The van der Waals surface area contributed by atoms with Gasteiger partial charge in [-0.1, -0.05) is 0 Å². The molecular formula is C12H23N3O2. The maximum Gasteiger partial charge on any atom is 0.239 e. The van der Waals surface area contributed by atoms with Gasteiger partial charge in [0, 0.05) is 26.2 Å². The molecule has 0 aromatic carbocycles. The third-order valence-electron chi connectivity index (χ3n) is 3.79. The lowest BCUT2D eigenvalue weighted by molar-refractivity contribution is -0.124. The van der Waals surface area contributed by atoms with Crippen LogP contribution in [0.5, 0.6) is 0 Å². The molecule has 1 saturated carbocycles. The Bertz CT molecular complexity index is 293. The first-order valence-corrected chi connectivity index (χ1v) is 6.45. The van der Waals surface area contributed by atoms with Crippen molar-refractivity contribution in [2.24, 2.45) is 17.4 Å². The molecule has 2 unspecified atom stereocenters. The standard InChI is InChI=1S/C12H23N3O2/c1-9-7-15(5-2-6-17-9)8-12(14,11(13)16)10-3-4-10/h9-10H,2-8,14H2,1H3,(H2,13,16). The Labute approximate surface area is 102 Å². The van der Waals surface area contributed by atoms with E-state index in [0.717, 1.165) is 39.0 Å². The second-order valence-corrected chi connectivity index (χ2v) is 5.45. The van der Waals surface area contributed by atoms with E-state index >= 15 is 0 Å². The van der Waals surface area contributed by atoms with Crippen LogP contribution in [-0.4, -0.2) is 48.7 Å². The van der Waals surface area contributed by atoms with Crippen LogP contribution < -0.4 is 11.5 Å². The molecule has 2 fully saturated rings. The molecule has 98 valence electrons. The van der Waals surface area contributed by atoms with E-state index in [1.54, 1.807) is 0 Å². The van der Waals surface area contributed by atoms with E-state index in [2.05, 4.69) is 11.8 Å². The molecule has 4 N–H and O–H groups in total. The summed E-state index contributed by atoms with van der Waals surface area (Å²) in [5.41, 5.74) is 10.9. The van der Waals surface area contributed by atoms with Crippen molar-refractivity contribution in [3.8, 4) is 0 Å². The maximum absolute atomic E-state index is 11.6. The van der Waals surface area contributed by atoms with Crippen LogP contribution in [0.2, 0.25) is 0 Å². The van der Waals surface area contributed by atoms with Crippen LogP contribution in [0.3, 0.4) is 0 Å². The highest BCUT2D eigenvalue weighted by Gasteiger charge is 2.47. The summed E-state index contributed by atoms with van der Waals surface area (Å²) in [6.45, 7) is 5.18. The lowest BCUT2D eigenvalue weighted by atomic mass is 9.92. The van der Waals surface area contributed by atoms with E-state index in [-0.39, 0.29) is 17.9 Å². The Hall–Kier alpha value is -0.650. The number of hydrogen-bond donors (Lipinski definition) is 2. The van der Waals surface area contributed by atoms with E-state index in [9.17, 15) is 4.79 Å². The third kappa shape index (κ3) is 2.97. The average molecular weight is 241 g/mol. The molecule has 1 saturated heterocycles. The van der Waals surface area contributed by atoms with Gasteiger partial charge in [0.2, 0.25) is 5.91 Å². The van der Waals surface area contributed by atoms with Gasteiger partial charge < -0.3 is 16.2 Å². The predicted molar refractivity (Wildman–Crippen MR) is 65.3 cm³/mol. The second-order valence-electron chi connectivity index (χ2n) is 5.45. The molecule has 0 bridgehead atoms. The van der Waals surface area contributed by atoms with Crippen LogP contribution in [0.15, 0.2) is 0 Å². The summed E-state index contributed by atoms with van der Waals surface area (Å²) >= 11 is 0. The van der Waals surface area contributed by atoms with Crippen molar-refractivity contribution in [3.05, 3.63) is 0 Å². The van der Waals surface area contributed by atoms with E-state index in [1.165, 1.54) is 0 Å². The summed E-state index contributed by atoms with van der Waals surface area (Å²) in [6, 6.07) is 0. The molecule has 5 nitrogen and oxygen atoms in total. The minimum absolute atomic E-state index is 0.203. The minimum Gasteiger partial charge on any atom is -0.377 e. The predicted octanol–water partition coefficient (Wildman–Crippen LogP) is -0.310. The molecule has 0 spiro atoms. The third-order valence-corrected chi connectivity index (χ3v) is 3.79. The Kier molecular flexibility index (Phi) is 3.70. The van der Waals surface area contributed by atoms with Crippen molar-refractivity contribution < 1.29 is 9.53 Å². The van der Waals surface area contributed by atoms with E-state index < -0.39 is 5.54 Å². The molecule has 1 heterocycles. The second kappa shape index (κ2) is 4.92. The Morgan fingerprint density at radius 2 is 2.24 bits per heavy atom. The monoisotopic (exact) mass is 241 g/mol. The van der Waals surface area contributed by atoms with Crippen LogP contribution >= 0.6 is 0 Å². The Morgan fingerprint density at radius 1 is 1.53 bits per heavy atom. The fourth-order valence-corrected chi connectivity index (χ4v) is 2.60. The number of nitrogens with two attached hydrogens (primary N) is 2. The highest BCUT2D eigenvalue weighted by molar-refractivity contribution is 5.85. The summed E-state index contributed by atoms with van der Waals surface area (Å²) in [5.74, 6) is -0.0858. The molecular weight excluding hydrogens is 218 g/mol. The normalized spacial score (nSPS) is 30.6. The number of carbonyl (C=O) groups excluding carboxylic acids is 1. The summed E-state index contributed by atoms with van der Waals surface area (Å²) in [6.07, 6.45) is 3.25. The number of hydrogen-bond acceptors (Lipinski definition) is 4. The number of rotatable bonds is 4. The zero-order valence-electron chi connectivity index (χ0n) is 10.5. The van der Waals surface area contributed by atoms with Gasteiger partial charge in [0.25, 0.3) is 0 Å². The van der Waals surface area contributed by atoms with E-state index in [0.29, 0.717) is 6.54 Å². The summed E-state index contributed by atoms with van der Waals surface area (Å²) in [4.78, 5) is 13.8. The Balaban J connectivity index is 1.99. The van der Waals surface area contributed by atoms with Crippen molar-refractivity contribution in [1.82, 2.24) is 4.90 Å². The van der Waals surface area contributed by atoms with Gasteiger partial charge in [-0.15, -0.1) is 0 Å². The Morgan fingerprint density at radius 3 is 2.82 bits per heavy atom. The lowest BCUT2D eigenvalue weighted by Gasteiger charge is -2.33.